The summed E-state index contributed by atoms with van der Waals surface area (Å²) in [5.41, 5.74) is 1.63. The number of thioether (sulfide) groups is 1. The van der Waals surface area contributed by atoms with Crippen LogP contribution in [0.15, 0.2) is 82.6 Å². The zero-order valence-corrected chi connectivity index (χ0v) is 22.3. The predicted octanol–water partition coefficient (Wildman–Crippen LogP) is 5.37. The number of benzene rings is 3. The Hall–Kier alpha value is -3.93. The van der Waals surface area contributed by atoms with Crippen molar-refractivity contribution in [2.45, 2.75) is 22.8 Å². The monoisotopic (exact) mass is 579 g/mol. The molecule has 6 rings (SSSR count). The highest BCUT2D eigenvalue weighted by atomic mass is 35.5. The first-order chi connectivity index (χ1) is 18.8. The molecular weight excluding hydrogens is 562 g/mol. The molecule has 3 unspecified atom stereocenters. The fourth-order valence-electron chi connectivity index (χ4n) is 4.96. The lowest BCUT2D eigenvalue weighted by Crippen LogP contribution is -2.32. The number of amides is 2. The molecule has 12 heteroatoms. The van der Waals surface area contributed by atoms with E-state index in [-0.39, 0.29) is 22.9 Å². The molecule has 4 aromatic rings. The zero-order valence-electron chi connectivity index (χ0n) is 19.9. The van der Waals surface area contributed by atoms with Gasteiger partial charge >= 0.3 is 4.87 Å². The highest BCUT2D eigenvalue weighted by Gasteiger charge is 2.56. The number of imide groups is 1. The third-order valence-corrected chi connectivity index (χ3v) is 9.32. The van der Waals surface area contributed by atoms with E-state index in [1.807, 2.05) is 30.3 Å². The molecule has 3 atom stereocenters. The smallest absolute Gasteiger partial charge is 0.305 e. The number of nitrogens with one attached hydrogen (secondary N) is 1. The van der Waals surface area contributed by atoms with Gasteiger partial charge in [-0.3, -0.25) is 24.5 Å². The molecule has 2 aliphatic heterocycles. The second kappa shape index (κ2) is 9.99. The maximum atomic E-state index is 13.9. The van der Waals surface area contributed by atoms with E-state index in [1.165, 1.54) is 24.3 Å². The predicted molar refractivity (Wildman–Crippen MR) is 148 cm³/mol. The Morgan fingerprint density at radius 2 is 1.74 bits per heavy atom. The lowest BCUT2D eigenvalue weighted by molar-refractivity contribution is -0.384. The molecule has 0 aliphatic carbocycles. The van der Waals surface area contributed by atoms with Gasteiger partial charge in [0.05, 0.1) is 21.6 Å². The largest absolute Gasteiger partial charge is 0.489 e. The minimum atomic E-state index is -0.853. The van der Waals surface area contributed by atoms with Gasteiger partial charge in [-0.05, 0) is 35.9 Å². The molecule has 9 nitrogen and oxygen atoms in total. The number of thiazole rings is 1. The highest BCUT2D eigenvalue weighted by molar-refractivity contribution is 8.00. The summed E-state index contributed by atoms with van der Waals surface area (Å²) < 4.78 is 6.19. The van der Waals surface area contributed by atoms with Gasteiger partial charge in [-0.25, -0.2) is 4.90 Å². The second-order valence-electron chi connectivity index (χ2n) is 8.99. The lowest BCUT2D eigenvalue weighted by Gasteiger charge is -2.31. The summed E-state index contributed by atoms with van der Waals surface area (Å²) in [6.07, 6.45) is 0. The lowest BCUT2D eigenvalue weighted by atomic mass is 9.82. The molecule has 0 radical (unpaired) electrons. The van der Waals surface area contributed by atoms with Crippen LogP contribution in [0.3, 0.4) is 0 Å². The van der Waals surface area contributed by atoms with Crippen molar-refractivity contribution in [3.05, 3.63) is 114 Å². The quantitative estimate of drug-likeness (QED) is 0.185. The van der Waals surface area contributed by atoms with Crippen LogP contribution < -0.4 is 14.5 Å². The number of rotatable bonds is 6. The van der Waals surface area contributed by atoms with Crippen molar-refractivity contribution in [1.29, 1.82) is 0 Å². The Bertz CT molecular complexity index is 1670. The number of nitrogens with zero attached hydrogens (tertiary/aromatic N) is 2. The number of non-ortho nitro benzene ring substituents is 1. The fourth-order valence-corrected chi connectivity index (χ4v) is 7.65. The van der Waals surface area contributed by atoms with E-state index in [2.05, 4.69) is 4.98 Å². The van der Waals surface area contributed by atoms with Gasteiger partial charge in [-0.2, -0.15) is 0 Å². The van der Waals surface area contributed by atoms with Gasteiger partial charge in [-0.1, -0.05) is 65.0 Å². The summed E-state index contributed by atoms with van der Waals surface area (Å²) >= 11 is 8.55. The Balaban J connectivity index is 1.43. The first kappa shape index (κ1) is 25.4. The normalized spacial score (nSPS) is 20.0. The molecule has 1 aromatic heterocycles. The third-order valence-electron chi connectivity index (χ3n) is 6.69. The Morgan fingerprint density at radius 1 is 1.00 bits per heavy atom. The van der Waals surface area contributed by atoms with Gasteiger partial charge < -0.3 is 9.72 Å². The first-order valence-electron chi connectivity index (χ1n) is 11.8. The van der Waals surface area contributed by atoms with Crippen molar-refractivity contribution in [2.24, 2.45) is 5.92 Å². The number of hydrogen-bond acceptors (Lipinski definition) is 8. The number of fused-ring (bicyclic) bond motifs is 2. The Labute approximate surface area is 234 Å². The van der Waals surface area contributed by atoms with Gasteiger partial charge in [0.2, 0.25) is 11.8 Å². The Kier molecular flexibility index (Phi) is 6.49. The molecule has 1 fully saturated rings. The van der Waals surface area contributed by atoms with Crippen molar-refractivity contribution in [2.75, 3.05) is 4.90 Å². The van der Waals surface area contributed by atoms with Gasteiger partial charge in [-0.15, -0.1) is 0 Å². The third kappa shape index (κ3) is 4.52. The fraction of sp³-hybridized carbons (Fsp3) is 0.148. The van der Waals surface area contributed by atoms with Gasteiger partial charge in [0.1, 0.15) is 17.6 Å². The summed E-state index contributed by atoms with van der Waals surface area (Å²) in [6.45, 7) is 0.267. The van der Waals surface area contributed by atoms with E-state index in [0.717, 1.165) is 33.6 Å². The number of anilines is 1. The van der Waals surface area contributed by atoms with Crippen molar-refractivity contribution in [3.63, 3.8) is 0 Å². The van der Waals surface area contributed by atoms with E-state index < -0.39 is 33.8 Å². The summed E-state index contributed by atoms with van der Waals surface area (Å²) in [6, 6.07) is 20.0. The molecule has 3 heterocycles. The molecule has 0 saturated carbocycles. The molecule has 0 bridgehead atoms. The number of aromatic nitrogens is 1. The average molecular weight is 580 g/mol. The minimum Gasteiger partial charge on any atom is -0.489 e. The minimum absolute atomic E-state index is 0.151. The summed E-state index contributed by atoms with van der Waals surface area (Å²) in [5, 5.41) is 11.2. The molecule has 3 aromatic carbocycles. The summed E-state index contributed by atoms with van der Waals surface area (Å²) in [5.74, 6) is -1.97. The molecular formula is C27H18ClN3O6S2. The van der Waals surface area contributed by atoms with E-state index >= 15 is 0 Å². The van der Waals surface area contributed by atoms with Gasteiger partial charge in [0, 0.05) is 33.5 Å². The van der Waals surface area contributed by atoms with Gasteiger partial charge in [0.15, 0.2) is 0 Å². The number of carbonyl (C=O) groups excluding carboxylic acids is 2. The molecule has 39 heavy (non-hydrogen) atoms. The van der Waals surface area contributed by atoms with Crippen molar-refractivity contribution >= 4 is 57.9 Å². The average Bonchev–Trinajstić information content (AvgIpc) is 3.42. The van der Waals surface area contributed by atoms with Crippen LogP contribution in [0.1, 0.15) is 21.9 Å². The van der Waals surface area contributed by atoms with Crippen LogP contribution in [0.4, 0.5) is 11.4 Å². The van der Waals surface area contributed by atoms with Crippen molar-refractivity contribution < 1.29 is 19.2 Å². The summed E-state index contributed by atoms with van der Waals surface area (Å²) in [4.78, 5) is 54.7. The number of aromatic amines is 1. The second-order valence-corrected chi connectivity index (χ2v) is 11.6. The number of nitro benzene ring substituents is 1. The topological polar surface area (TPSA) is 123 Å². The maximum absolute atomic E-state index is 13.9. The Morgan fingerprint density at radius 3 is 2.46 bits per heavy atom. The number of carbonyl (C=O) groups is 2. The molecule has 1 N–H and O–H groups in total. The SMILES string of the molecule is O=C1C2Sc3[nH]c(=O)sc3C(c3cc(Cl)ccc3OCc3ccccc3)C2C(=O)N1c1ccc([N+](=O)[O-])cc1. The van der Waals surface area contributed by atoms with Crippen LogP contribution in [0, 0.1) is 16.0 Å². The van der Waals surface area contributed by atoms with Crippen molar-refractivity contribution in [1.82, 2.24) is 4.98 Å². The molecule has 2 aliphatic rings. The molecule has 196 valence electrons. The van der Waals surface area contributed by atoms with Crippen LogP contribution >= 0.6 is 34.7 Å². The zero-order chi connectivity index (χ0) is 27.3. The summed E-state index contributed by atoms with van der Waals surface area (Å²) in [7, 11) is 0. The van der Waals surface area contributed by atoms with E-state index in [9.17, 15) is 24.5 Å². The van der Waals surface area contributed by atoms with Crippen LogP contribution in [-0.2, 0) is 16.2 Å². The standard InChI is InChI=1S/C27H18ClN3O6S2/c28-15-6-11-19(37-13-14-4-2-1-3-5-14)18(12-15)20-21-23(38-24-22(20)39-27(34)29-24)26(33)30(25(21)32)16-7-9-17(10-8-16)31(35)36/h1-12,20-21,23H,13H2,(H,29,34). The van der Waals surface area contributed by atoms with E-state index in [0.29, 0.717) is 26.2 Å². The molecule has 0 spiro atoms. The van der Waals surface area contributed by atoms with Crippen molar-refractivity contribution in [3.8, 4) is 5.75 Å². The number of hydrogen-bond donors (Lipinski definition) is 1. The van der Waals surface area contributed by atoms with E-state index in [4.69, 9.17) is 16.3 Å². The number of H-pyrrole nitrogens is 1. The van der Waals surface area contributed by atoms with Crippen LogP contribution in [-0.4, -0.2) is 27.0 Å². The van der Waals surface area contributed by atoms with Gasteiger partial charge in [0.25, 0.3) is 5.69 Å². The highest BCUT2D eigenvalue weighted by Crippen LogP contribution is 2.54. The molecule has 2 amide bonds. The van der Waals surface area contributed by atoms with Crippen LogP contribution in [0.2, 0.25) is 5.02 Å². The maximum Gasteiger partial charge on any atom is 0.305 e. The first-order valence-corrected chi connectivity index (χ1v) is 13.9. The number of halogens is 1. The van der Waals surface area contributed by atoms with Crippen LogP contribution in [0.25, 0.3) is 0 Å². The van der Waals surface area contributed by atoms with E-state index in [1.54, 1.807) is 18.2 Å². The van der Waals surface area contributed by atoms with Crippen LogP contribution in [0.5, 0.6) is 5.75 Å². The number of ether oxygens (including phenoxy) is 1. The number of nitro groups is 1. The molecule has 1 saturated heterocycles.